The van der Waals surface area contributed by atoms with E-state index in [-0.39, 0.29) is 31.2 Å². The number of aryl methyl sites for hydroxylation is 1. The van der Waals surface area contributed by atoms with E-state index < -0.39 is 28.6 Å². The molecule has 0 bridgehead atoms. The van der Waals surface area contributed by atoms with Gasteiger partial charge in [0.15, 0.2) is 0 Å². The van der Waals surface area contributed by atoms with Crippen molar-refractivity contribution in [1.29, 1.82) is 0 Å². The van der Waals surface area contributed by atoms with Crippen LogP contribution in [0.1, 0.15) is 10.6 Å². The maximum absolute atomic E-state index is 13.0. The number of ether oxygens (including phenoxy) is 1. The minimum atomic E-state index is -3.89. The van der Waals surface area contributed by atoms with Gasteiger partial charge >= 0.3 is 5.97 Å². The van der Waals surface area contributed by atoms with Crippen LogP contribution in [0.25, 0.3) is 10.9 Å². The highest BCUT2D eigenvalue weighted by atomic mass is 35.5. The fourth-order valence-electron chi connectivity index (χ4n) is 3.67. The molecule has 4 heterocycles. The van der Waals surface area contributed by atoms with E-state index in [0.717, 1.165) is 25.8 Å². The van der Waals surface area contributed by atoms with Crippen molar-refractivity contribution in [3.63, 3.8) is 0 Å². The van der Waals surface area contributed by atoms with Crippen LogP contribution in [0.5, 0.6) is 0 Å². The molecule has 3 aromatic rings. The number of rotatable bonds is 7. The summed E-state index contributed by atoms with van der Waals surface area (Å²) in [6.07, 6.45) is 3.61. The van der Waals surface area contributed by atoms with Gasteiger partial charge in [-0.25, -0.2) is 8.42 Å². The van der Waals surface area contributed by atoms with E-state index in [1.54, 1.807) is 24.5 Å². The molecule has 9 nitrogen and oxygen atoms in total. The van der Waals surface area contributed by atoms with Gasteiger partial charge in [-0.3, -0.25) is 14.6 Å². The van der Waals surface area contributed by atoms with Crippen molar-refractivity contribution >= 4 is 55.7 Å². The van der Waals surface area contributed by atoms with E-state index in [9.17, 15) is 18.0 Å². The molecule has 1 N–H and O–H groups in total. The lowest BCUT2D eigenvalue weighted by molar-refractivity contribution is -0.151. The Morgan fingerprint density at radius 3 is 2.88 bits per heavy atom. The monoisotopic (exact) mass is 496 g/mol. The molecule has 0 radical (unpaired) electrons. The van der Waals surface area contributed by atoms with Gasteiger partial charge in [-0.05, 0) is 30.7 Å². The van der Waals surface area contributed by atoms with Crippen molar-refractivity contribution in [3.8, 4) is 0 Å². The third-order valence-electron chi connectivity index (χ3n) is 5.29. The van der Waals surface area contributed by atoms with Crippen LogP contribution >= 0.6 is 22.9 Å². The number of aromatic nitrogens is 2. The van der Waals surface area contributed by atoms with E-state index >= 15 is 0 Å². The Hall–Kier alpha value is -2.47. The predicted octanol–water partition coefficient (Wildman–Crippen LogP) is 2.04. The number of nitrogens with zero attached hydrogens (tertiary/aromatic N) is 3. The Morgan fingerprint density at radius 1 is 1.38 bits per heavy atom. The smallest absolute Gasteiger partial charge is 0.326 e. The van der Waals surface area contributed by atoms with Gasteiger partial charge in [0.25, 0.3) is 0 Å². The number of hydrogen-bond donors (Lipinski definition) is 1. The zero-order valence-corrected chi connectivity index (χ0v) is 19.5. The van der Waals surface area contributed by atoms with E-state index in [0.29, 0.717) is 4.34 Å². The summed E-state index contributed by atoms with van der Waals surface area (Å²) in [4.78, 5) is 34.8. The third kappa shape index (κ3) is 4.80. The Kier molecular flexibility index (Phi) is 6.52. The second-order valence-corrected chi connectivity index (χ2v) is 11.2. The van der Waals surface area contributed by atoms with Crippen molar-refractivity contribution in [2.45, 2.75) is 19.0 Å². The summed E-state index contributed by atoms with van der Waals surface area (Å²) in [5.74, 6) is -1.32. The highest BCUT2D eigenvalue weighted by molar-refractivity contribution is 7.89. The Balaban J connectivity index is 1.51. The van der Waals surface area contributed by atoms with Gasteiger partial charge < -0.3 is 14.6 Å². The molecule has 12 heteroatoms. The molecule has 3 aromatic heterocycles. The molecule has 0 spiro atoms. The molecule has 170 valence electrons. The van der Waals surface area contributed by atoms with Gasteiger partial charge in [0.05, 0.1) is 30.3 Å². The van der Waals surface area contributed by atoms with Crippen LogP contribution in [0.2, 0.25) is 4.34 Å². The molecule has 1 amide bonds. The molecule has 0 aliphatic carbocycles. The van der Waals surface area contributed by atoms with Crippen LogP contribution in [0.15, 0.2) is 36.7 Å². The second kappa shape index (κ2) is 9.18. The summed E-state index contributed by atoms with van der Waals surface area (Å²) in [6.45, 7) is -0.305. The number of thiophene rings is 1. The van der Waals surface area contributed by atoms with Crippen LogP contribution in [-0.2, 0) is 37.3 Å². The minimum Gasteiger partial charge on any atom is -0.468 e. The standard InChI is InChI=1S/C20H21ClN4O5S2/c1-30-20(27)17-11-24(10-14-8-13-9-22-6-4-16(13)23-14)19(26)12-25(17)32(28,29)7-5-15-2-3-18(21)31-15/h2-4,6,8-9,17,23H,5,7,10-12H2,1H3. The topological polar surface area (TPSA) is 113 Å². The van der Waals surface area contributed by atoms with Crippen molar-refractivity contribution in [1.82, 2.24) is 19.2 Å². The first-order chi connectivity index (χ1) is 15.3. The van der Waals surface area contributed by atoms with Crippen LogP contribution in [0.4, 0.5) is 0 Å². The number of carbonyl (C=O) groups is 2. The highest BCUT2D eigenvalue weighted by Gasteiger charge is 2.43. The number of methoxy groups -OCH3 is 1. The molecule has 0 aromatic carbocycles. The number of hydrogen-bond acceptors (Lipinski definition) is 7. The summed E-state index contributed by atoms with van der Waals surface area (Å²) >= 11 is 7.21. The Labute approximate surface area is 194 Å². The van der Waals surface area contributed by atoms with Crippen molar-refractivity contribution < 1.29 is 22.7 Å². The van der Waals surface area contributed by atoms with Crippen LogP contribution in [0.3, 0.4) is 0 Å². The number of piperazine rings is 1. The number of aromatic amines is 1. The number of fused-ring (bicyclic) bond motifs is 1. The lowest BCUT2D eigenvalue weighted by Gasteiger charge is -2.38. The summed E-state index contributed by atoms with van der Waals surface area (Å²) in [5.41, 5.74) is 1.64. The SMILES string of the molecule is COC(=O)C1CN(Cc2cc3cnccc3[nH]2)C(=O)CN1S(=O)(=O)CCc1ccc(Cl)s1. The highest BCUT2D eigenvalue weighted by Crippen LogP contribution is 2.24. The fourth-order valence-corrected chi connectivity index (χ4v) is 6.45. The molecule has 0 saturated carbocycles. The largest absolute Gasteiger partial charge is 0.468 e. The van der Waals surface area contributed by atoms with E-state index in [2.05, 4.69) is 9.97 Å². The first-order valence-corrected chi connectivity index (χ1v) is 12.6. The molecular weight excluding hydrogens is 476 g/mol. The van der Waals surface area contributed by atoms with Gasteiger partial charge in [-0.2, -0.15) is 4.31 Å². The van der Waals surface area contributed by atoms with E-state index in [1.165, 1.54) is 23.3 Å². The van der Waals surface area contributed by atoms with Crippen LogP contribution in [-0.4, -0.2) is 71.5 Å². The molecule has 32 heavy (non-hydrogen) atoms. The van der Waals surface area contributed by atoms with Gasteiger partial charge in [0.1, 0.15) is 6.04 Å². The average molecular weight is 497 g/mol. The van der Waals surface area contributed by atoms with Crippen molar-refractivity contribution in [2.24, 2.45) is 0 Å². The number of nitrogens with one attached hydrogen (secondary N) is 1. The van der Waals surface area contributed by atoms with Gasteiger partial charge in [0.2, 0.25) is 15.9 Å². The molecule has 1 aliphatic heterocycles. The van der Waals surface area contributed by atoms with E-state index in [1.807, 2.05) is 12.1 Å². The molecule has 1 fully saturated rings. The quantitative estimate of drug-likeness (QED) is 0.501. The Morgan fingerprint density at radius 2 is 2.19 bits per heavy atom. The normalized spacial score (nSPS) is 17.8. The van der Waals surface area contributed by atoms with Crippen molar-refractivity contribution in [2.75, 3.05) is 26.0 Å². The summed E-state index contributed by atoms with van der Waals surface area (Å²) < 4.78 is 32.4. The van der Waals surface area contributed by atoms with Gasteiger partial charge in [-0.15, -0.1) is 11.3 Å². The summed E-state index contributed by atoms with van der Waals surface area (Å²) in [7, 11) is -2.69. The van der Waals surface area contributed by atoms with Gasteiger partial charge in [0, 0.05) is 40.4 Å². The summed E-state index contributed by atoms with van der Waals surface area (Å²) in [6, 6.07) is 6.05. The molecule has 1 saturated heterocycles. The number of carbonyl (C=O) groups excluding carboxylic acids is 2. The number of halogens is 1. The first-order valence-electron chi connectivity index (χ1n) is 9.78. The van der Waals surface area contributed by atoms with Crippen LogP contribution < -0.4 is 0 Å². The zero-order chi connectivity index (χ0) is 22.9. The van der Waals surface area contributed by atoms with Crippen molar-refractivity contribution in [3.05, 3.63) is 51.6 Å². The molecule has 1 atom stereocenters. The second-order valence-electron chi connectivity index (χ2n) is 7.39. The molecular formula is C20H21ClN4O5S2. The number of sulfonamides is 1. The number of esters is 1. The fraction of sp³-hybridized carbons (Fsp3) is 0.350. The molecule has 1 aliphatic rings. The maximum Gasteiger partial charge on any atom is 0.326 e. The van der Waals surface area contributed by atoms with E-state index in [4.69, 9.17) is 16.3 Å². The zero-order valence-electron chi connectivity index (χ0n) is 17.2. The summed E-state index contributed by atoms with van der Waals surface area (Å²) in [5, 5.41) is 0.898. The van der Waals surface area contributed by atoms with Gasteiger partial charge in [-0.1, -0.05) is 11.6 Å². The number of amides is 1. The number of H-pyrrole nitrogens is 1. The maximum atomic E-state index is 13.0. The Bertz CT molecular complexity index is 1220. The minimum absolute atomic E-state index is 0.0941. The predicted molar refractivity (Wildman–Crippen MR) is 121 cm³/mol. The lowest BCUT2D eigenvalue weighted by atomic mass is 10.2. The lowest BCUT2D eigenvalue weighted by Crippen LogP contribution is -2.60. The van der Waals surface area contributed by atoms with Crippen LogP contribution in [0, 0.1) is 0 Å². The molecule has 4 rings (SSSR count). The number of pyridine rings is 1. The third-order valence-corrected chi connectivity index (χ3v) is 8.40. The average Bonchev–Trinajstić information content (AvgIpc) is 3.38. The molecule has 1 unspecified atom stereocenters. The first kappa shape index (κ1) is 22.7.